The quantitative estimate of drug-likeness (QED) is 0.0436. The molecule has 0 saturated carbocycles. The summed E-state index contributed by atoms with van der Waals surface area (Å²) in [6.07, 6.45) is 0. The van der Waals surface area contributed by atoms with Crippen LogP contribution in [0.1, 0.15) is 21.5 Å². The number of amides is 1. The fraction of sp³-hybridized carbons (Fsp3) is 0.212. The minimum Gasteiger partial charge on any atom is -0.348 e. The molecule has 0 aliphatic rings. The van der Waals surface area contributed by atoms with Gasteiger partial charge in [-0.25, -0.2) is 4.68 Å². The number of tetrazole rings is 1. The van der Waals surface area contributed by atoms with Crippen LogP contribution in [0, 0.1) is 0 Å². The van der Waals surface area contributed by atoms with Crippen LogP contribution in [0.25, 0.3) is 21.8 Å². The number of halogens is 9. The number of azide groups is 1. The van der Waals surface area contributed by atoms with Gasteiger partial charge < -0.3 is 5.32 Å². The van der Waals surface area contributed by atoms with Crippen LogP contribution < -0.4 is 5.32 Å². The monoisotopic (exact) mass is 936 g/mol. The van der Waals surface area contributed by atoms with E-state index in [1.807, 2.05) is 121 Å². The molecule has 20 heteroatoms. The summed E-state index contributed by atoms with van der Waals surface area (Å²) in [5.41, 5.74) is 11.9. The minimum absolute atomic E-state index is 0.0375. The van der Waals surface area contributed by atoms with Gasteiger partial charge in [0.05, 0.1) is 17.2 Å². The van der Waals surface area contributed by atoms with Crippen molar-refractivity contribution < 1.29 is 4.79 Å². The summed E-state index contributed by atoms with van der Waals surface area (Å²) in [4.78, 5) is 14.4. The van der Waals surface area contributed by atoms with Crippen molar-refractivity contribution in [2.45, 2.75) is 32.7 Å². The van der Waals surface area contributed by atoms with Crippen molar-refractivity contribution in [3.8, 4) is 11.4 Å². The van der Waals surface area contributed by atoms with E-state index in [2.05, 4.69) is 42.7 Å². The number of rotatable bonds is 7. The zero-order valence-corrected chi connectivity index (χ0v) is 37.5. The molecule has 1 heterocycles. The van der Waals surface area contributed by atoms with Gasteiger partial charge in [0, 0.05) is 17.7 Å². The maximum atomic E-state index is 11.7. The molecule has 0 atom stereocenters. The van der Waals surface area contributed by atoms with Crippen molar-refractivity contribution in [3.63, 3.8) is 0 Å². The van der Waals surface area contributed by atoms with Crippen LogP contribution in [0.2, 0.25) is 19.6 Å². The third-order valence-corrected chi connectivity index (χ3v) is 6.11. The van der Waals surface area contributed by atoms with E-state index in [4.69, 9.17) is 108 Å². The fourth-order valence-electron chi connectivity index (χ4n) is 3.47. The summed E-state index contributed by atoms with van der Waals surface area (Å²) in [7, 11) is -1.45. The third-order valence-electron chi connectivity index (χ3n) is 5.42. The Bertz CT molecular complexity index is 1710. The Morgan fingerprint density at radius 3 is 1.53 bits per heavy atom. The number of hydrogen-bond donors (Lipinski definition) is 1. The van der Waals surface area contributed by atoms with Gasteiger partial charge in [0.2, 0.25) is 0 Å². The smallest absolute Gasteiger partial charge is 0.251 e. The van der Waals surface area contributed by atoms with Crippen molar-refractivity contribution in [3.05, 3.63) is 148 Å². The van der Waals surface area contributed by atoms with Crippen LogP contribution in [0.4, 0.5) is 0 Å². The third kappa shape index (κ3) is 30.9. The van der Waals surface area contributed by atoms with Crippen LogP contribution in [-0.4, -0.2) is 45.0 Å². The molecule has 9 nitrogen and oxygen atoms in total. The van der Waals surface area contributed by atoms with E-state index in [1.54, 1.807) is 12.1 Å². The van der Waals surface area contributed by atoms with Crippen molar-refractivity contribution in [2.75, 3.05) is 10.7 Å². The molecule has 5 rings (SSSR count). The Morgan fingerprint density at radius 2 is 1.13 bits per heavy atom. The van der Waals surface area contributed by atoms with Crippen molar-refractivity contribution >= 4 is 120 Å². The Morgan fingerprint density at radius 1 is 0.736 bits per heavy atom. The van der Waals surface area contributed by atoms with Gasteiger partial charge in [-0.05, 0) is 44.1 Å². The average Bonchev–Trinajstić information content (AvgIpc) is 3.57. The average molecular weight is 941 g/mol. The maximum absolute atomic E-state index is 11.7. The van der Waals surface area contributed by atoms with Gasteiger partial charge in [-0.3, -0.25) is 4.79 Å². The summed E-state index contributed by atoms with van der Waals surface area (Å²) >= 11 is 43.9. The molecule has 0 unspecified atom stereocenters. The van der Waals surface area contributed by atoms with Crippen molar-refractivity contribution in [1.82, 2.24) is 25.5 Å². The molecule has 53 heavy (non-hydrogen) atoms. The zero-order valence-electron chi connectivity index (χ0n) is 28.8. The largest absolute Gasteiger partial charge is 0.348 e. The SMILES string of the molecule is C[Si](C)(C)N=[N+]=[N-].ClCCl.ClCCl.ClP(Cl)(Cl)(Cl)Cl.O=C(NCc1ccccc1)c1ccccc1.c1ccc(Cn2nnnc2-c2ccccc2)cc1. The van der Waals surface area contributed by atoms with Crippen LogP contribution in [-0.2, 0) is 13.1 Å². The molecule has 0 aliphatic carbocycles. The fourth-order valence-corrected chi connectivity index (χ4v) is 3.73. The Balaban J connectivity index is 0.000000701. The second-order valence-corrected chi connectivity index (χ2v) is 33.5. The molecule has 0 saturated heterocycles. The normalized spacial score (nSPS) is 10.7. The summed E-state index contributed by atoms with van der Waals surface area (Å²) in [5, 5.41) is 15.2. The van der Waals surface area contributed by atoms with Gasteiger partial charge in [0.15, 0.2) is 5.82 Å². The van der Waals surface area contributed by atoms with Gasteiger partial charge in [0.25, 0.3) is 5.91 Å². The maximum Gasteiger partial charge on any atom is 0.251 e. The number of alkyl halides is 4. The molecule has 1 amide bonds. The number of carbonyl (C=O) groups is 1. The first kappa shape index (κ1) is 51.0. The van der Waals surface area contributed by atoms with Crippen LogP contribution in [0.5, 0.6) is 0 Å². The zero-order chi connectivity index (χ0) is 40.2. The molecular formula is C33H38Cl9N8OPSi. The molecule has 0 fully saturated rings. The number of hydrogen-bond acceptors (Lipinski definition) is 5. The van der Waals surface area contributed by atoms with Crippen LogP contribution >= 0.6 is 106 Å². The van der Waals surface area contributed by atoms with Gasteiger partial charge >= 0.3 is 59.6 Å². The Labute approximate surface area is 355 Å². The second-order valence-electron chi connectivity index (χ2n) is 10.7. The minimum atomic E-state index is -3.69. The number of aromatic nitrogens is 4. The Hall–Kier alpha value is -2.01. The van der Waals surface area contributed by atoms with E-state index in [0.29, 0.717) is 18.7 Å². The molecule has 0 bridgehead atoms. The summed E-state index contributed by atoms with van der Waals surface area (Å²) in [5.74, 6) is 0.754. The van der Waals surface area contributed by atoms with E-state index >= 15 is 0 Å². The molecule has 1 N–H and O–H groups in total. The van der Waals surface area contributed by atoms with E-state index in [-0.39, 0.29) is 16.6 Å². The number of benzene rings is 4. The number of nitrogens with zero attached hydrogens (tertiary/aromatic N) is 7. The molecule has 0 spiro atoms. The molecule has 1 aromatic heterocycles. The molecular weight excluding hydrogens is 903 g/mol. The predicted octanol–water partition coefficient (Wildman–Crippen LogP) is 14.3. The van der Waals surface area contributed by atoms with Crippen molar-refractivity contribution in [2.24, 2.45) is 4.78 Å². The topological polar surface area (TPSA) is 121 Å². The van der Waals surface area contributed by atoms with E-state index < -0.39 is 11.6 Å². The van der Waals surface area contributed by atoms with Gasteiger partial charge in [-0.1, -0.05) is 129 Å². The standard InChI is InChI=1S/C14H12N4.C14H13NO.C3H9N3Si.2CH2Cl2.Cl5P/c1-3-7-12(8-4-1)11-18-14(15-16-17-18)13-9-5-2-6-10-13;16-14(13-9-5-2-6-10-13)15-11-12-7-3-1-4-8-12;1-7(2,3)6-5-4;2*2-1-3;1-6(2,3,4)5/h1-10H,11H2;1-10H,11H2,(H,15,16);1-3H3;2*1H2;. The predicted molar refractivity (Wildman–Crippen MR) is 235 cm³/mol. The summed E-state index contributed by atoms with van der Waals surface area (Å²) in [6.45, 7) is 7.22. The number of carbonyl (C=O) groups excluding carboxylic acids is 1. The molecule has 5 aromatic rings. The van der Waals surface area contributed by atoms with Crippen molar-refractivity contribution in [1.29, 1.82) is 0 Å². The number of nitrogens with one attached hydrogen (secondary N) is 1. The van der Waals surface area contributed by atoms with Gasteiger partial charge in [-0.2, -0.15) is 0 Å². The first-order valence-electron chi connectivity index (χ1n) is 15.1. The Kier molecular flexibility index (Phi) is 27.3. The van der Waals surface area contributed by atoms with Crippen LogP contribution in [0.3, 0.4) is 0 Å². The summed E-state index contributed by atoms with van der Waals surface area (Å²) < 4.78 is 1.70. The molecule has 0 radical (unpaired) electrons. The summed E-state index contributed by atoms with van der Waals surface area (Å²) in [6, 6.07) is 39.2. The molecule has 4 aromatic carbocycles. The van der Waals surface area contributed by atoms with Gasteiger partial charge in [0.1, 0.15) is 8.24 Å². The van der Waals surface area contributed by atoms with Gasteiger partial charge in [-0.15, -0.1) is 56.3 Å². The van der Waals surface area contributed by atoms with E-state index in [1.165, 1.54) is 5.56 Å². The van der Waals surface area contributed by atoms with E-state index in [0.717, 1.165) is 17.0 Å². The van der Waals surface area contributed by atoms with E-state index in [9.17, 15) is 4.79 Å². The molecule has 288 valence electrons. The molecule has 0 aliphatic heterocycles. The second kappa shape index (κ2) is 28.4. The first-order valence-corrected chi connectivity index (χ1v) is 27.4. The van der Waals surface area contributed by atoms with Crippen LogP contribution in [0.15, 0.2) is 126 Å². The first-order chi connectivity index (χ1) is 24.9.